The molecule has 1 aliphatic rings. The smallest absolute Gasteiger partial charge is 0.246 e. The maximum Gasteiger partial charge on any atom is 0.246 e. The normalized spacial score (nSPS) is 14.2. The highest BCUT2D eigenvalue weighted by Crippen LogP contribution is 2.38. The zero-order valence-corrected chi connectivity index (χ0v) is 20.9. The number of piperazine rings is 1. The van der Waals surface area contributed by atoms with Crippen molar-refractivity contribution in [3.05, 3.63) is 53.9 Å². The van der Waals surface area contributed by atoms with Crippen molar-refractivity contribution >= 4 is 12.0 Å². The molecule has 1 fully saturated rings. The lowest BCUT2D eigenvalue weighted by Crippen LogP contribution is -2.48. The van der Waals surface area contributed by atoms with E-state index in [1.54, 1.807) is 57.4 Å². The Hall–Kier alpha value is -4.12. The van der Waals surface area contributed by atoms with Gasteiger partial charge in [-0.2, -0.15) is 4.68 Å². The van der Waals surface area contributed by atoms with Crippen molar-refractivity contribution in [1.82, 2.24) is 30.0 Å². The van der Waals surface area contributed by atoms with Crippen molar-refractivity contribution in [2.45, 2.75) is 6.54 Å². The van der Waals surface area contributed by atoms with Gasteiger partial charge in [-0.25, -0.2) is 0 Å². The predicted molar refractivity (Wildman–Crippen MR) is 133 cm³/mol. The molecule has 11 nitrogen and oxygen atoms in total. The van der Waals surface area contributed by atoms with E-state index in [0.717, 1.165) is 35.9 Å². The summed E-state index contributed by atoms with van der Waals surface area (Å²) in [4.78, 5) is 16.9. The Balaban J connectivity index is 1.35. The Morgan fingerprint density at radius 1 is 0.917 bits per heavy atom. The first-order valence-electron chi connectivity index (χ1n) is 11.5. The first kappa shape index (κ1) is 25.0. The summed E-state index contributed by atoms with van der Waals surface area (Å²) in [6.07, 6.45) is 3.32. The average Bonchev–Trinajstić information content (AvgIpc) is 3.39. The van der Waals surface area contributed by atoms with Gasteiger partial charge in [-0.1, -0.05) is 0 Å². The molecule has 0 N–H and O–H groups in total. The summed E-state index contributed by atoms with van der Waals surface area (Å²) < 4.78 is 23.1. The van der Waals surface area contributed by atoms with Gasteiger partial charge in [0.1, 0.15) is 5.75 Å². The number of hydrogen-bond donors (Lipinski definition) is 0. The zero-order chi connectivity index (χ0) is 25.5. The van der Waals surface area contributed by atoms with Crippen molar-refractivity contribution in [1.29, 1.82) is 0 Å². The first-order valence-corrected chi connectivity index (χ1v) is 11.5. The van der Waals surface area contributed by atoms with Crippen LogP contribution in [0.5, 0.6) is 23.0 Å². The van der Waals surface area contributed by atoms with Crippen LogP contribution in [0.3, 0.4) is 0 Å². The van der Waals surface area contributed by atoms with Gasteiger partial charge in [0.05, 0.1) is 40.7 Å². The number of methoxy groups -OCH3 is 4. The highest BCUT2D eigenvalue weighted by molar-refractivity contribution is 5.92. The maximum absolute atomic E-state index is 12.8. The van der Waals surface area contributed by atoms with Crippen molar-refractivity contribution in [3.8, 4) is 28.7 Å². The van der Waals surface area contributed by atoms with E-state index in [4.69, 9.17) is 18.9 Å². The topological polar surface area (TPSA) is 104 Å². The number of rotatable bonds is 9. The molecule has 1 aromatic heterocycles. The molecule has 3 aromatic rings. The molecular formula is C25H30N6O5. The molecule has 0 bridgehead atoms. The molecule has 2 aromatic carbocycles. The molecule has 1 amide bonds. The van der Waals surface area contributed by atoms with Gasteiger partial charge in [0.2, 0.25) is 11.7 Å². The minimum atomic E-state index is -0.0496. The molecule has 36 heavy (non-hydrogen) atoms. The fourth-order valence-corrected chi connectivity index (χ4v) is 4.03. The summed E-state index contributed by atoms with van der Waals surface area (Å²) in [5, 5.41) is 12.2. The average molecular weight is 495 g/mol. The number of amides is 1. The molecule has 190 valence electrons. The van der Waals surface area contributed by atoms with E-state index < -0.39 is 0 Å². The molecule has 0 atom stereocenters. The second-order valence-electron chi connectivity index (χ2n) is 8.10. The maximum atomic E-state index is 12.8. The van der Waals surface area contributed by atoms with Gasteiger partial charge < -0.3 is 23.8 Å². The number of benzene rings is 2. The number of carbonyl (C=O) groups excluding carboxylic acids is 1. The van der Waals surface area contributed by atoms with Gasteiger partial charge in [0, 0.05) is 32.3 Å². The summed E-state index contributed by atoms with van der Waals surface area (Å²) in [6.45, 7) is 3.26. The largest absolute Gasteiger partial charge is 0.497 e. The number of nitrogens with zero attached hydrogens (tertiary/aromatic N) is 6. The van der Waals surface area contributed by atoms with Crippen LogP contribution in [0.2, 0.25) is 0 Å². The molecular weight excluding hydrogens is 464 g/mol. The van der Waals surface area contributed by atoms with E-state index in [1.807, 2.05) is 29.2 Å². The minimum Gasteiger partial charge on any atom is -0.497 e. The molecule has 0 spiro atoms. The van der Waals surface area contributed by atoms with Crippen LogP contribution in [0.25, 0.3) is 11.8 Å². The number of tetrazole rings is 1. The predicted octanol–water partition coefficient (Wildman–Crippen LogP) is 2.05. The third kappa shape index (κ3) is 5.57. The van der Waals surface area contributed by atoms with E-state index in [-0.39, 0.29) is 5.91 Å². The summed E-state index contributed by atoms with van der Waals surface area (Å²) in [6, 6.07) is 11.2. The van der Waals surface area contributed by atoms with Crippen molar-refractivity contribution < 1.29 is 23.7 Å². The SMILES string of the molecule is COc1ccc(-n2nnnc2CN2CCN(C(=O)/C=C\c3cc(OC)c(OC)c(OC)c3)CC2)cc1. The molecule has 1 saturated heterocycles. The van der Waals surface area contributed by atoms with E-state index in [2.05, 4.69) is 20.4 Å². The van der Waals surface area contributed by atoms with E-state index in [0.29, 0.717) is 36.9 Å². The minimum absolute atomic E-state index is 0.0496. The van der Waals surface area contributed by atoms with Crippen LogP contribution >= 0.6 is 0 Å². The van der Waals surface area contributed by atoms with Gasteiger partial charge in [-0.05, 0) is 58.5 Å². The standard InChI is InChI=1S/C25H30N6O5/c1-33-20-8-6-19(7-9-20)31-23(26-27-28-31)17-29-11-13-30(14-12-29)24(32)10-5-18-15-21(34-2)25(36-4)22(16-18)35-3/h5-10,15-16H,11-14,17H2,1-4H3/b10-5-. The zero-order valence-electron chi connectivity index (χ0n) is 20.9. The van der Waals surface area contributed by atoms with Crippen molar-refractivity contribution in [3.63, 3.8) is 0 Å². The third-order valence-electron chi connectivity index (χ3n) is 6.01. The Labute approximate surface area is 209 Å². The number of aromatic nitrogens is 4. The Bertz CT molecular complexity index is 1180. The van der Waals surface area contributed by atoms with Crippen LogP contribution in [-0.2, 0) is 11.3 Å². The van der Waals surface area contributed by atoms with Crippen LogP contribution in [-0.4, -0.2) is 90.5 Å². The summed E-state index contributed by atoms with van der Waals surface area (Å²) in [5.41, 5.74) is 1.64. The second kappa shape index (κ2) is 11.5. The van der Waals surface area contributed by atoms with Crippen LogP contribution in [0.4, 0.5) is 0 Å². The Morgan fingerprint density at radius 2 is 1.58 bits per heavy atom. The van der Waals surface area contributed by atoms with Crippen LogP contribution in [0.1, 0.15) is 11.4 Å². The second-order valence-corrected chi connectivity index (χ2v) is 8.10. The number of ether oxygens (including phenoxy) is 4. The van der Waals surface area contributed by atoms with Gasteiger partial charge in [0.25, 0.3) is 0 Å². The lowest BCUT2D eigenvalue weighted by Gasteiger charge is -2.33. The van der Waals surface area contributed by atoms with Crippen LogP contribution in [0.15, 0.2) is 42.5 Å². The molecule has 0 aliphatic carbocycles. The third-order valence-corrected chi connectivity index (χ3v) is 6.01. The van der Waals surface area contributed by atoms with Gasteiger partial charge in [-0.15, -0.1) is 5.10 Å². The molecule has 11 heteroatoms. The van der Waals surface area contributed by atoms with Gasteiger partial charge in [-0.3, -0.25) is 9.69 Å². The van der Waals surface area contributed by atoms with E-state index in [1.165, 1.54) is 0 Å². The molecule has 0 unspecified atom stereocenters. The first-order chi connectivity index (χ1) is 17.6. The van der Waals surface area contributed by atoms with Gasteiger partial charge >= 0.3 is 0 Å². The highest BCUT2D eigenvalue weighted by atomic mass is 16.5. The van der Waals surface area contributed by atoms with E-state index >= 15 is 0 Å². The fraction of sp³-hybridized carbons (Fsp3) is 0.360. The summed E-state index contributed by atoms with van der Waals surface area (Å²) >= 11 is 0. The fourth-order valence-electron chi connectivity index (χ4n) is 4.03. The highest BCUT2D eigenvalue weighted by Gasteiger charge is 2.22. The lowest BCUT2D eigenvalue weighted by atomic mass is 10.1. The van der Waals surface area contributed by atoms with Gasteiger partial charge in [0.15, 0.2) is 17.3 Å². The summed E-state index contributed by atoms with van der Waals surface area (Å²) in [7, 11) is 6.31. The molecule has 0 radical (unpaired) electrons. The molecule has 0 saturated carbocycles. The summed E-state index contributed by atoms with van der Waals surface area (Å²) in [5.74, 6) is 3.05. The molecule has 2 heterocycles. The van der Waals surface area contributed by atoms with Crippen molar-refractivity contribution in [2.75, 3.05) is 54.6 Å². The molecule has 1 aliphatic heterocycles. The number of carbonyl (C=O) groups is 1. The van der Waals surface area contributed by atoms with E-state index in [9.17, 15) is 4.79 Å². The quantitative estimate of drug-likeness (QED) is 0.414. The van der Waals surface area contributed by atoms with Crippen molar-refractivity contribution in [2.24, 2.45) is 0 Å². The Kier molecular flexibility index (Phi) is 8.01. The monoisotopic (exact) mass is 494 g/mol. The van der Waals surface area contributed by atoms with Crippen LogP contribution in [0, 0.1) is 0 Å². The van der Waals surface area contributed by atoms with Crippen LogP contribution < -0.4 is 18.9 Å². The number of hydrogen-bond acceptors (Lipinski definition) is 9. The Morgan fingerprint density at radius 3 is 2.17 bits per heavy atom. The lowest BCUT2D eigenvalue weighted by molar-refractivity contribution is -0.127. The molecule has 4 rings (SSSR count).